The lowest BCUT2D eigenvalue weighted by Gasteiger charge is -2.34. The number of nitrogens with one attached hydrogen (secondary N) is 1. The van der Waals surface area contributed by atoms with Gasteiger partial charge >= 0.3 is 0 Å². The second-order valence-electron chi connectivity index (χ2n) is 8.48. The summed E-state index contributed by atoms with van der Waals surface area (Å²) in [6, 6.07) is 2.15. The number of likely N-dealkylation sites (tertiary alicyclic amines) is 1. The van der Waals surface area contributed by atoms with E-state index in [1.807, 2.05) is 11.0 Å². The van der Waals surface area contributed by atoms with Crippen molar-refractivity contribution in [2.75, 3.05) is 13.1 Å². The van der Waals surface area contributed by atoms with Gasteiger partial charge in [0.15, 0.2) is 0 Å². The third-order valence-electron chi connectivity index (χ3n) is 6.44. The Balaban J connectivity index is 1.25. The van der Waals surface area contributed by atoms with Gasteiger partial charge in [0.2, 0.25) is 0 Å². The average Bonchev–Trinajstić information content (AvgIpc) is 3.48. The highest BCUT2D eigenvalue weighted by atomic mass is 19.3. The molecule has 2 aromatic heterocycles. The summed E-state index contributed by atoms with van der Waals surface area (Å²) >= 11 is 0. The Labute approximate surface area is 173 Å². The van der Waals surface area contributed by atoms with Crippen molar-refractivity contribution in [3.63, 3.8) is 0 Å². The Bertz CT molecular complexity index is 926. The number of hydrogen-bond donors (Lipinski definition) is 1. The van der Waals surface area contributed by atoms with E-state index in [1.165, 1.54) is 0 Å². The molecule has 1 aliphatic carbocycles. The van der Waals surface area contributed by atoms with Gasteiger partial charge in [-0.2, -0.15) is 0 Å². The van der Waals surface area contributed by atoms with Gasteiger partial charge in [0.1, 0.15) is 17.8 Å². The highest BCUT2D eigenvalue weighted by molar-refractivity contribution is 5.94. The summed E-state index contributed by atoms with van der Waals surface area (Å²) < 4.78 is 34.3. The lowest BCUT2D eigenvalue weighted by atomic mass is 9.90. The molecule has 2 aliphatic heterocycles. The number of rotatable bonds is 4. The normalized spacial score (nSPS) is 25.9. The maximum Gasteiger partial charge on any atom is 0.270 e. The van der Waals surface area contributed by atoms with Gasteiger partial charge in [0.05, 0.1) is 19.8 Å². The Morgan fingerprint density at radius 2 is 2.07 bits per heavy atom. The van der Waals surface area contributed by atoms with Crippen molar-refractivity contribution >= 4 is 5.91 Å². The number of amides is 1. The Morgan fingerprint density at radius 3 is 2.77 bits per heavy atom. The molecule has 2 fully saturated rings. The molecule has 0 radical (unpaired) electrons. The van der Waals surface area contributed by atoms with E-state index in [1.54, 1.807) is 23.3 Å². The maximum atomic E-state index is 13.5. The first-order valence-corrected chi connectivity index (χ1v) is 10.5. The number of nitrogens with zero attached hydrogens (tertiary/aromatic N) is 4. The molecule has 1 N–H and O–H groups in total. The molecule has 0 spiro atoms. The van der Waals surface area contributed by atoms with Crippen LogP contribution in [0.15, 0.2) is 24.8 Å². The molecule has 2 aromatic rings. The molecule has 0 aromatic carbocycles. The summed E-state index contributed by atoms with van der Waals surface area (Å²) in [6.45, 7) is 1.17. The van der Waals surface area contributed by atoms with Gasteiger partial charge in [-0.25, -0.2) is 18.7 Å². The van der Waals surface area contributed by atoms with E-state index in [0.29, 0.717) is 31.3 Å². The van der Waals surface area contributed by atoms with Crippen LogP contribution in [0.2, 0.25) is 0 Å². The van der Waals surface area contributed by atoms with E-state index in [4.69, 9.17) is 4.74 Å². The minimum absolute atomic E-state index is 0.0357. The fourth-order valence-corrected chi connectivity index (χ4v) is 4.79. The molecular formula is C21H25F2N5O2. The van der Waals surface area contributed by atoms with Crippen LogP contribution in [0.5, 0.6) is 0 Å². The molecule has 5 rings (SSSR count). The van der Waals surface area contributed by atoms with Crippen LogP contribution in [0.1, 0.15) is 53.7 Å². The predicted octanol–water partition coefficient (Wildman–Crippen LogP) is 2.68. The Kier molecular flexibility index (Phi) is 5.02. The summed E-state index contributed by atoms with van der Waals surface area (Å²) in [6.07, 6.45) is 8.28. The third-order valence-corrected chi connectivity index (χ3v) is 6.44. The second-order valence-corrected chi connectivity index (χ2v) is 8.48. The van der Waals surface area contributed by atoms with Gasteiger partial charge < -0.3 is 10.1 Å². The SMILES string of the molecule is O=C(NC1CCC(N2CCC(F)(F)C2)CC1)c1nc(-n2ccnc2)cc2c1COC2. The lowest BCUT2D eigenvalue weighted by molar-refractivity contribution is 0.00504. The van der Waals surface area contributed by atoms with Crippen molar-refractivity contribution in [3.05, 3.63) is 41.6 Å². The average molecular weight is 417 g/mol. The van der Waals surface area contributed by atoms with Gasteiger partial charge in [0.25, 0.3) is 11.8 Å². The molecule has 160 valence electrons. The van der Waals surface area contributed by atoms with Crippen molar-refractivity contribution in [1.82, 2.24) is 24.8 Å². The molecule has 30 heavy (non-hydrogen) atoms. The number of aromatic nitrogens is 3. The number of carbonyl (C=O) groups is 1. The number of ether oxygens (including phenoxy) is 1. The molecule has 1 amide bonds. The highest BCUT2D eigenvalue weighted by Crippen LogP contribution is 2.33. The van der Waals surface area contributed by atoms with Crippen LogP contribution in [0, 0.1) is 0 Å². The van der Waals surface area contributed by atoms with E-state index < -0.39 is 5.92 Å². The molecule has 1 saturated carbocycles. The van der Waals surface area contributed by atoms with Gasteiger partial charge in [0, 0.05) is 43.0 Å². The van der Waals surface area contributed by atoms with Gasteiger partial charge in [-0.3, -0.25) is 14.3 Å². The number of pyridine rings is 1. The molecule has 9 heteroatoms. The molecular weight excluding hydrogens is 392 g/mol. The number of imidazole rings is 1. The van der Waals surface area contributed by atoms with Crippen LogP contribution < -0.4 is 5.32 Å². The van der Waals surface area contributed by atoms with E-state index in [0.717, 1.165) is 36.8 Å². The first kappa shape index (κ1) is 19.6. The van der Waals surface area contributed by atoms with Crippen molar-refractivity contribution in [3.8, 4) is 5.82 Å². The Hall–Kier alpha value is -2.39. The molecule has 0 unspecified atom stereocenters. The fraction of sp³-hybridized carbons (Fsp3) is 0.571. The molecule has 1 saturated heterocycles. The van der Waals surface area contributed by atoms with E-state index in [9.17, 15) is 13.6 Å². The van der Waals surface area contributed by atoms with Crippen LogP contribution in [-0.4, -0.2) is 56.4 Å². The van der Waals surface area contributed by atoms with Crippen LogP contribution in [0.4, 0.5) is 8.78 Å². The number of alkyl halides is 2. The largest absolute Gasteiger partial charge is 0.372 e. The van der Waals surface area contributed by atoms with Crippen LogP contribution >= 0.6 is 0 Å². The zero-order valence-electron chi connectivity index (χ0n) is 16.7. The van der Waals surface area contributed by atoms with Crippen molar-refractivity contribution in [1.29, 1.82) is 0 Å². The van der Waals surface area contributed by atoms with Crippen LogP contribution in [0.25, 0.3) is 5.82 Å². The minimum atomic E-state index is -2.56. The minimum Gasteiger partial charge on any atom is -0.372 e. The first-order valence-electron chi connectivity index (χ1n) is 10.5. The second kappa shape index (κ2) is 7.70. The summed E-state index contributed by atoms with van der Waals surface area (Å²) in [5.41, 5.74) is 2.21. The number of carbonyl (C=O) groups excluding carboxylic acids is 1. The molecule has 0 atom stereocenters. The van der Waals surface area contributed by atoms with Gasteiger partial charge in [-0.05, 0) is 37.3 Å². The number of hydrogen-bond acceptors (Lipinski definition) is 5. The van der Waals surface area contributed by atoms with Gasteiger partial charge in [-0.15, -0.1) is 0 Å². The smallest absolute Gasteiger partial charge is 0.270 e. The van der Waals surface area contributed by atoms with Gasteiger partial charge in [-0.1, -0.05) is 0 Å². The number of fused-ring (bicyclic) bond motifs is 1. The Morgan fingerprint density at radius 1 is 1.23 bits per heavy atom. The van der Waals surface area contributed by atoms with E-state index in [-0.39, 0.29) is 31.0 Å². The van der Waals surface area contributed by atoms with E-state index in [2.05, 4.69) is 15.3 Å². The summed E-state index contributed by atoms with van der Waals surface area (Å²) in [4.78, 5) is 23.6. The zero-order chi connectivity index (χ0) is 20.7. The zero-order valence-corrected chi connectivity index (χ0v) is 16.7. The molecule has 0 bridgehead atoms. The third kappa shape index (κ3) is 3.83. The van der Waals surface area contributed by atoms with E-state index >= 15 is 0 Å². The molecule has 3 aliphatic rings. The summed E-state index contributed by atoms with van der Waals surface area (Å²) in [5, 5.41) is 3.12. The summed E-state index contributed by atoms with van der Waals surface area (Å²) in [7, 11) is 0. The standard InChI is InChI=1S/C21H25F2N5O2/c22-21(23)5-7-27(12-21)16-3-1-15(2-4-16)25-20(29)19-17-11-30-10-14(17)9-18(26-19)28-8-6-24-13-28/h6,8-9,13,15-16H,1-5,7,10-12H2,(H,25,29). The highest BCUT2D eigenvalue weighted by Gasteiger charge is 2.41. The first-order chi connectivity index (χ1) is 14.5. The monoisotopic (exact) mass is 417 g/mol. The lowest BCUT2D eigenvalue weighted by Crippen LogP contribution is -2.44. The van der Waals surface area contributed by atoms with Crippen molar-refractivity contribution < 1.29 is 18.3 Å². The van der Waals surface area contributed by atoms with Crippen molar-refractivity contribution in [2.45, 2.75) is 63.3 Å². The fourth-order valence-electron chi connectivity index (χ4n) is 4.79. The quantitative estimate of drug-likeness (QED) is 0.828. The molecule has 7 nitrogen and oxygen atoms in total. The topological polar surface area (TPSA) is 72.3 Å². The molecule has 4 heterocycles. The summed E-state index contributed by atoms with van der Waals surface area (Å²) in [5.74, 6) is -2.12. The predicted molar refractivity (Wildman–Crippen MR) is 104 cm³/mol. The number of halogens is 2. The maximum absolute atomic E-state index is 13.5. The van der Waals surface area contributed by atoms with Crippen molar-refractivity contribution in [2.24, 2.45) is 0 Å². The van der Waals surface area contributed by atoms with Crippen LogP contribution in [0.3, 0.4) is 0 Å². The van der Waals surface area contributed by atoms with Crippen LogP contribution in [-0.2, 0) is 18.0 Å².